The molecule has 3 aromatic carbocycles. The van der Waals surface area contributed by atoms with Gasteiger partial charge in [-0.2, -0.15) is 0 Å². The number of phenols is 3. The number of phenolic OH excluding ortho intramolecular Hbond substituents is 3. The number of anilines is 1. The number of carbonyl (C=O) groups is 1. The van der Waals surface area contributed by atoms with Crippen molar-refractivity contribution in [2.24, 2.45) is 0 Å². The minimum absolute atomic E-state index is 0.0140. The molecule has 1 atom stereocenters. The van der Waals surface area contributed by atoms with Gasteiger partial charge in [-0.25, -0.2) is 0 Å². The highest BCUT2D eigenvalue weighted by atomic mass is 16.3. The molecule has 0 radical (unpaired) electrons. The van der Waals surface area contributed by atoms with Crippen LogP contribution in [-0.4, -0.2) is 40.0 Å². The van der Waals surface area contributed by atoms with Crippen molar-refractivity contribution in [3.05, 3.63) is 83.4 Å². The summed E-state index contributed by atoms with van der Waals surface area (Å²) < 4.78 is 0. The molecule has 162 valence electrons. The Morgan fingerprint density at radius 3 is 1.87 bits per heavy atom. The van der Waals surface area contributed by atoms with Gasteiger partial charge in [0, 0.05) is 5.92 Å². The molecule has 7 nitrogen and oxygen atoms in total. The molecule has 0 heterocycles. The molecule has 7 heteroatoms. The van der Waals surface area contributed by atoms with Crippen LogP contribution in [0, 0.1) is 0 Å². The first-order chi connectivity index (χ1) is 15.0. The molecule has 6 N–H and O–H groups in total. The highest BCUT2D eigenvalue weighted by Crippen LogP contribution is 2.31. The SMILES string of the molecule is O=CNc1cc([C@H](CO)NCCC(c2ccc(O)cc2)c2ccc(O)cc2)ccc1O. The molecule has 31 heavy (non-hydrogen) atoms. The van der Waals surface area contributed by atoms with Gasteiger partial charge in [0.15, 0.2) is 0 Å². The summed E-state index contributed by atoms with van der Waals surface area (Å²) >= 11 is 0. The topological polar surface area (TPSA) is 122 Å². The Balaban J connectivity index is 1.74. The summed E-state index contributed by atoms with van der Waals surface area (Å²) in [5.74, 6) is 0.352. The Kier molecular flexibility index (Phi) is 7.48. The van der Waals surface area contributed by atoms with E-state index < -0.39 is 0 Å². The highest BCUT2D eigenvalue weighted by Gasteiger charge is 2.17. The number of aliphatic hydroxyl groups is 1. The molecule has 0 spiro atoms. The lowest BCUT2D eigenvalue weighted by Crippen LogP contribution is -2.26. The number of carbonyl (C=O) groups excluding carboxylic acids is 1. The zero-order chi connectivity index (χ0) is 22.2. The van der Waals surface area contributed by atoms with Crippen LogP contribution in [0.1, 0.15) is 35.1 Å². The van der Waals surface area contributed by atoms with Gasteiger partial charge in [0.1, 0.15) is 17.2 Å². The summed E-state index contributed by atoms with van der Waals surface area (Å²) in [5.41, 5.74) is 3.05. The van der Waals surface area contributed by atoms with Crippen LogP contribution in [0.3, 0.4) is 0 Å². The highest BCUT2D eigenvalue weighted by molar-refractivity contribution is 5.75. The minimum atomic E-state index is -0.381. The summed E-state index contributed by atoms with van der Waals surface area (Å²) in [5, 5.41) is 44.7. The fourth-order valence-electron chi connectivity index (χ4n) is 3.58. The maximum Gasteiger partial charge on any atom is 0.211 e. The van der Waals surface area contributed by atoms with Gasteiger partial charge in [0.05, 0.1) is 18.3 Å². The van der Waals surface area contributed by atoms with Crippen molar-refractivity contribution in [1.82, 2.24) is 5.32 Å². The van der Waals surface area contributed by atoms with E-state index in [1.807, 2.05) is 24.3 Å². The van der Waals surface area contributed by atoms with E-state index in [0.717, 1.165) is 16.7 Å². The van der Waals surface area contributed by atoms with Crippen LogP contribution in [-0.2, 0) is 4.79 Å². The van der Waals surface area contributed by atoms with Gasteiger partial charge < -0.3 is 31.1 Å². The third-order valence-corrected chi connectivity index (χ3v) is 5.23. The van der Waals surface area contributed by atoms with E-state index in [-0.39, 0.29) is 41.5 Å². The van der Waals surface area contributed by atoms with Crippen molar-refractivity contribution >= 4 is 12.1 Å². The monoisotopic (exact) mass is 422 g/mol. The summed E-state index contributed by atoms with van der Waals surface area (Å²) in [6.45, 7) is 0.406. The van der Waals surface area contributed by atoms with Gasteiger partial charge >= 0.3 is 0 Å². The molecule has 0 aliphatic carbocycles. The Bertz CT molecular complexity index is 944. The predicted molar refractivity (Wildman–Crippen MR) is 118 cm³/mol. The molecule has 0 saturated heterocycles. The summed E-state index contributed by atoms with van der Waals surface area (Å²) in [6.07, 6.45) is 1.18. The van der Waals surface area contributed by atoms with E-state index in [4.69, 9.17) is 0 Å². The quantitative estimate of drug-likeness (QED) is 0.220. The normalized spacial score (nSPS) is 11.9. The van der Waals surface area contributed by atoms with Gasteiger partial charge in [-0.15, -0.1) is 0 Å². The average Bonchev–Trinajstić information content (AvgIpc) is 2.77. The Morgan fingerprint density at radius 2 is 1.35 bits per heavy atom. The summed E-state index contributed by atoms with van der Waals surface area (Å²) in [6, 6.07) is 18.5. The molecular weight excluding hydrogens is 396 g/mol. The van der Waals surface area contributed by atoms with Crippen LogP contribution in [0.5, 0.6) is 17.2 Å². The van der Waals surface area contributed by atoms with Crippen LogP contribution in [0.15, 0.2) is 66.7 Å². The summed E-state index contributed by atoms with van der Waals surface area (Å²) in [4.78, 5) is 10.7. The van der Waals surface area contributed by atoms with E-state index in [9.17, 15) is 25.2 Å². The molecule has 0 unspecified atom stereocenters. The minimum Gasteiger partial charge on any atom is -0.508 e. The van der Waals surface area contributed by atoms with Crippen molar-refractivity contribution < 1.29 is 25.2 Å². The Morgan fingerprint density at radius 1 is 0.806 bits per heavy atom. The molecule has 1 amide bonds. The fraction of sp³-hybridized carbons (Fsp3) is 0.208. The van der Waals surface area contributed by atoms with E-state index >= 15 is 0 Å². The standard InChI is InChI=1S/C24H26N2O5/c27-14-23(18-5-10-24(31)22(13-18)26-15-28)25-12-11-21(16-1-6-19(29)7-2-16)17-3-8-20(30)9-4-17/h1-10,13,15,21,23,25,27,29-31H,11-12,14H2,(H,26,28)/t23-/m0/s1. The van der Waals surface area contributed by atoms with E-state index in [1.54, 1.807) is 36.4 Å². The zero-order valence-corrected chi connectivity index (χ0v) is 16.9. The van der Waals surface area contributed by atoms with Crippen molar-refractivity contribution in [2.45, 2.75) is 18.4 Å². The van der Waals surface area contributed by atoms with Gasteiger partial charge in [0.2, 0.25) is 6.41 Å². The lowest BCUT2D eigenvalue weighted by molar-refractivity contribution is -0.105. The molecule has 0 aromatic heterocycles. The van der Waals surface area contributed by atoms with Gasteiger partial charge in [-0.05, 0) is 66.1 Å². The molecule has 0 aliphatic heterocycles. The molecule has 0 bridgehead atoms. The van der Waals surface area contributed by atoms with E-state index in [0.29, 0.717) is 19.4 Å². The second kappa shape index (κ2) is 10.5. The molecular formula is C24H26N2O5. The fourth-order valence-corrected chi connectivity index (χ4v) is 3.58. The van der Waals surface area contributed by atoms with Crippen LogP contribution < -0.4 is 10.6 Å². The van der Waals surface area contributed by atoms with Gasteiger partial charge in [-0.1, -0.05) is 30.3 Å². The van der Waals surface area contributed by atoms with Crippen LogP contribution in [0.2, 0.25) is 0 Å². The number of aliphatic hydroxyl groups excluding tert-OH is 1. The van der Waals surface area contributed by atoms with Crippen molar-refractivity contribution in [3.8, 4) is 17.2 Å². The smallest absolute Gasteiger partial charge is 0.211 e. The largest absolute Gasteiger partial charge is 0.508 e. The Hall–Kier alpha value is -3.55. The van der Waals surface area contributed by atoms with Crippen LogP contribution in [0.4, 0.5) is 5.69 Å². The number of aromatic hydroxyl groups is 3. The van der Waals surface area contributed by atoms with Gasteiger partial charge in [-0.3, -0.25) is 4.79 Å². The maximum atomic E-state index is 10.7. The second-order valence-corrected chi connectivity index (χ2v) is 7.25. The first-order valence-electron chi connectivity index (χ1n) is 9.97. The first-order valence-corrected chi connectivity index (χ1v) is 9.97. The predicted octanol–water partition coefficient (Wildman–Crippen LogP) is 3.22. The lowest BCUT2D eigenvalue weighted by atomic mass is 9.88. The number of hydrogen-bond donors (Lipinski definition) is 6. The third-order valence-electron chi connectivity index (χ3n) is 5.23. The van der Waals surface area contributed by atoms with E-state index in [2.05, 4.69) is 10.6 Å². The van der Waals surface area contributed by atoms with Crippen molar-refractivity contribution in [1.29, 1.82) is 0 Å². The second-order valence-electron chi connectivity index (χ2n) is 7.25. The summed E-state index contributed by atoms with van der Waals surface area (Å²) in [7, 11) is 0. The van der Waals surface area contributed by atoms with Gasteiger partial charge in [0.25, 0.3) is 0 Å². The van der Waals surface area contributed by atoms with E-state index in [1.165, 1.54) is 6.07 Å². The number of rotatable bonds is 10. The van der Waals surface area contributed by atoms with Crippen molar-refractivity contribution in [2.75, 3.05) is 18.5 Å². The Labute approximate surface area is 180 Å². The maximum absolute atomic E-state index is 10.7. The number of amides is 1. The molecule has 3 aromatic rings. The average molecular weight is 422 g/mol. The zero-order valence-electron chi connectivity index (χ0n) is 16.9. The number of hydrogen-bond acceptors (Lipinski definition) is 6. The van der Waals surface area contributed by atoms with Crippen LogP contribution >= 0.6 is 0 Å². The molecule has 0 saturated carbocycles. The number of benzene rings is 3. The third kappa shape index (κ3) is 5.75. The lowest BCUT2D eigenvalue weighted by Gasteiger charge is -2.22. The first kappa shape index (κ1) is 22.1. The number of nitrogens with one attached hydrogen (secondary N) is 2. The van der Waals surface area contributed by atoms with Crippen molar-refractivity contribution in [3.63, 3.8) is 0 Å². The molecule has 3 rings (SSSR count). The van der Waals surface area contributed by atoms with Crippen LogP contribution in [0.25, 0.3) is 0 Å². The molecule has 0 fully saturated rings. The molecule has 0 aliphatic rings.